The molecule has 0 bridgehead atoms. The SMILES string of the molecule is C/C=C/C1C=C[C@H](O)[C@@H](CO)O1. The third kappa shape index (κ3) is 2.17. The van der Waals surface area contributed by atoms with Crippen molar-refractivity contribution in [3.8, 4) is 0 Å². The van der Waals surface area contributed by atoms with Gasteiger partial charge < -0.3 is 14.9 Å². The molecule has 2 N–H and O–H groups in total. The van der Waals surface area contributed by atoms with E-state index in [9.17, 15) is 5.11 Å². The van der Waals surface area contributed by atoms with E-state index in [1.165, 1.54) is 0 Å². The lowest BCUT2D eigenvalue weighted by Gasteiger charge is -2.26. The number of allylic oxidation sites excluding steroid dienone is 1. The number of aliphatic hydroxyl groups is 2. The summed E-state index contributed by atoms with van der Waals surface area (Å²) in [5, 5.41) is 18.1. The van der Waals surface area contributed by atoms with E-state index in [0.717, 1.165) is 0 Å². The fraction of sp³-hybridized carbons (Fsp3) is 0.556. The van der Waals surface area contributed by atoms with Gasteiger partial charge in [-0.05, 0) is 6.92 Å². The van der Waals surface area contributed by atoms with Crippen molar-refractivity contribution in [3.05, 3.63) is 24.3 Å². The predicted octanol–water partition coefficient (Wildman–Crippen LogP) is 0.239. The zero-order valence-corrected chi connectivity index (χ0v) is 7.05. The molecule has 0 spiro atoms. The molecule has 3 nitrogen and oxygen atoms in total. The van der Waals surface area contributed by atoms with Gasteiger partial charge in [-0.3, -0.25) is 0 Å². The van der Waals surface area contributed by atoms with Crippen molar-refractivity contribution in [2.24, 2.45) is 0 Å². The van der Waals surface area contributed by atoms with E-state index < -0.39 is 12.2 Å². The summed E-state index contributed by atoms with van der Waals surface area (Å²) in [6.07, 6.45) is 5.88. The normalized spacial score (nSPS) is 36.1. The van der Waals surface area contributed by atoms with E-state index in [0.29, 0.717) is 0 Å². The van der Waals surface area contributed by atoms with Gasteiger partial charge in [0, 0.05) is 0 Å². The Hall–Kier alpha value is -0.640. The first-order chi connectivity index (χ1) is 5.77. The molecule has 0 aliphatic carbocycles. The highest BCUT2D eigenvalue weighted by Gasteiger charge is 2.23. The van der Waals surface area contributed by atoms with Crippen molar-refractivity contribution in [2.45, 2.75) is 25.2 Å². The number of aliphatic hydroxyl groups excluding tert-OH is 2. The van der Waals surface area contributed by atoms with Gasteiger partial charge in [0.25, 0.3) is 0 Å². The van der Waals surface area contributed by atoms with Gasteiger partial charge in [0.1, 0.15) is 12.2 Å². The quantitative estimate of drug-likeness (QED) is 0.584. The minimum atomic E-state index is -0.684. The first-order valence-corrected chi connectivity index (χ1v) is 4.03. The van der Waals surface area contributed by atoms with Gasteiger partial charge >= 0.3 is 0 Å². The van der Waals surface area contributed by atoms with Crippen molar-refractivity contribution in [1.82, 2.24) is 0 Å². The first kappa shape index (κ1) is 9.45. The topological polar surface area (TPSA) is 49.7 Å². The Morgan fingerprint density at radius 1 is 1.50 bits per heavy atom. The molecule has 0 aromatic carbocycles. The van der Waals surface area contributed by atoms with Gasteiger partial charge in [0.15, 0.2) is 0 Å². The van der Waals surface area contributed by atoms with Gasteiger partial charge in [-0.1, -0.05) is 24.3 Å². The Bertz CT molecular complexity index is 186. The molecule has 0 saturated carbocycles. The number of hydrogen-bond donors (Lipinski definition) is 2. The van der Waals surface area contributed by atoms with Crippen LogP contribution >= 0.6 is 0 Å². The van der Waals surface area contributed by atoms with E-state index in [1.807, 2.05) is 19.1 Å². The summed E-state index contributed by atoms with van der Waals surface area (Å²) >= 11 is 0. The fourth-order valence-corrected chi connectivity index (χ4v) is 1.13. The number of rotatable bonds is 2. The summed E-state index contributed by atoms with van der Waals surface area (Å²) in [6.45, 7) is 1.75. The molecule has 1 heterocycles. The van der Waals surface area contributed by atoms with E-state index in [2.05, 4.69) is 0 Å². The van der Waals surface area contributed by atoms with Crippen LogP contribution in [0.25, 0.3) is 0 Å². The second kappa shape index (κ2) is 4.40. The molecule has 0 fully saturated rings. The molecular weight excluding hydrogens is 156 g/mol. The van der Waals surface area contributed by atoms with Crippen molar-refractivity contribution in [2.75, 3.05) is 6.61 Å². The molecule has 3 atom stereocenters. The molecule has 0 radical (unpaired) electrons. The van der Waals surface area contributed by atoms with Crippen molar-refractivity contribution >= 4 is 0 Å². The lowest BCUT2D eigenvalue weighted by atomic mass is 10.1. The summed E-state index contributed by atoms with van der Waals surface area (Å²) in [5.41, 5.74) is 0. The molecular formula is C9H14O3. The summed E-state index contributed by atoms with van der Waals surface area (Å²) in [5.74, 6) is 0. The molecule has 68 valence electrons. The standard InChI is InChI=1S/C9H14O3/c1-2-3-7-4-5-8(11)9(6-10)12-7/h2-5,7-11H,6H2,1H3/b3-2+/t7?,8-,9+/m0/s1. The van der Waals surface area contributed by atoms with E-state index >= 15 is 0 Å². The summed E-state index contributed by atoms with van der Waals surface area (Å²) in [6, 6.07) is 0. The van der Waals surface area contributed by atoms with E-state index in [1.54, 1.807) is 12.2 Å². The van der Waals surface area contributed by atoms with Crippen LogP contribution in [0.5, 0.6) is 0 Å². The van der Waals surface area contributed by atoms with Gasteiger partial charge in [-0.2, -0.15) is 0 Å². The maximum Gasteiger partial charge on any atom is 0.111 e. The highest BCUT2D eigenvalue weighted by molar-refractivity contribution is 5.09. The van der Waals surface area contributed by atoms with E-state index in [4.69, 9.17) is 9.84 Å². The molecule has 0 amide bonds. The van der Waals surface area contributed by atoms with Gasteiger partial charge in [-0.25, -0.2) is 0 Å². The molecule has 0 aromatic rings. The number of ether oxygens (including phenoxy) is 1. The van der Waals surface area contributed by atoms with Crippen LogP contribution in [0.15, 0.2) is 24.3 Å². The van der Waals surface area contributed by atoms with Crippen LogP contribution in [0.2, 0.25) is 0 Å². The Balaban J connectivity index is 2.58. The second-order valence-electron chi connectivity index (χ2n) is 2.72. The molecule has 1 rings (SSSR count). The lowest BCUT2D eigenvalue weighted by Crippen LogP contribution is -2.37. The lowest BCUT2D eigenvalue weighted by molar-refractivity contribution is -0.0655. The maximum atomic E-state index is 9.26. The van der Waals surface area contributed by atoms with Crippen molar-refractivity contribution in [3.63, 3.8) is 0 Å². The minimum Gasteiger partial charge on any atom is -0.394 e. The maximum absolute atomic E-state index is 9.26. The predicted molar refractivity (Wildman–Crippen MR) is 45.7 cm³/mol. The average molecular weight is 170 g/mol. The van der Waals surface area contributed by atoms with Crippen LogP contribution in [-0.4, -0.2) is 35.1 Å². The molecule has 0 aromatic heterocycles. The molecule has 12 heavy (non-hydrogen) atoms. The van der Waals surface area contributed by atoms with Crippen LogP contribution in [-0.2, 0) is 4.74 Å². The molecule has 3 heteroatoms. The first-order valence-electron chi connectivity index (χ1n) is 4.03. The second-order valence-corrected chi connectivity index (χ2v) is 2.72. The highest BCUT2D eigenvalue weighted by Crippen LogP contribution is 2.13. The van der Waals surface area contributed by atoms with Crippen LogP contribution in [0.4, 0.5) is 0 Å². The van der Waals surface area contributed by atoms with Crippen molar-refractivity contribution in [1.29, 1.82) is 0 Å². The highest BCUT2D eigenvalue weighted by atomic mass is 16.5. The molecule has 1 aliphatic heterocycles. The zero-order valence-electron chi connectivity index (χ0n) is 7.05. The Morgan fingerprint density at radius 2 is 2.25 bits per heavy atom. The zero-order chi connectivity index (χ0) is 8.97. The molecule has 0 saturated heterocycles. The van der Waals surface area contributed by atoms with Crippen LogP contribution in [0.1, 0.15) is 6.92 Å². The van der Waals surface area contributed by atoms with Crippen LogP contribution < -0.4 is 0 Å². The fourth-order valence-electron chi connectivity index (χ4n) is 1.13. The summed E-state index contributed by atoms with van der Waals surface area (Å²) < 4.78 is 5.31. The average Bonchev–Trinajstić information content (AvgIpc) is 2.09. The summed E-state index contributed by atoms with van der Waals surface area (Å²) in [7, 11) is 0. The Morgan fingerprint density at radius 3 is 2.83 bits per heavy atom. The smallest absolute Gasteiger partial charge is 0.111 e. The van der Waals surface area contributed by atoms with Gasteiger partial charge in [0.05, 0.1) is 12.7 Å². The molecule has 1 unspecified atom stereocenters. The largest absolute Gasteiger partial charge is 0.394 e. The van der Waals surface area contributed by atoms with Gasteiger partial charge in [0.2, 0.25) is 0 Å². The van der Waals surface area contributed by atoms with Crippen LogP contribution in [0.3, 0.4) is 0 Å². The summed E-state index contributed by atoms with van der Waals surface area (Å²) in [4.78, 5) is 0. The van der Waals surface area contributed by atoms with Gasteiger partial charge in [-0.15, -0.1) is 0 Å². The Kier molecular flexibility index (Phi) is 3.47. The third-order valence-corrected chi connectivity index (χ3v) is 1.77. The minimum absolute atomic E-state index is 0.115. The number of hydrogen-bond acceptors (Lipinski definition) is 3. The third-order valence-electron chi connectivity index (χ3n) is 1.77. The van der Waals surface area contributed by atoms with Crippen LogP contribution in [0, 0.1) is 0 Å². The van der Waals surface area contributed by atoms with E-state index in [-0.39, 0.29) is 12.7 Å². The Labute approximate surface area is 72.0 Å². The monoisotopic (exact) mass is 170 g/mol. The molecule has 1 aliphatic rings. The van der Waals surface area contributed by atoms with Crippen molar-refractivity contribution < 1.29 is 14.9 Å².